The van der Waals surface area contributed by atoms with Crippen LogP contribution in [-0.2, 0) is 13.0 Å². The molecule has 3 nitrogen and oxygen atoms in total. The number of nitrogens with zero attached hydrogens (tertiary/aromatic N) is 1. The Bertz CT molecular complexity index is 595. The number of fused-ring (bicyclic) bond motifs is 1. The summed E-state index contributed by atoms with van der Waals surface area (Å²) in [7, 11) is 1.64. The van der Waals surface area contributed by atoms with Crippen molar-refractivity contribution >= 4 is 5.69 Å². The van der Waals surface area contributed by atoms with Crippen LogP contribution >= 0.6 is 0 Å². The van der Waals surface area contributed by atoms with Crippen LogP contribution in [0, 0.1) is 0 Å². The standard InChI is InChI=1S/C16H17NO2/c1-19-16-10-14(18)7-6-13(16)11-17-9-8-12-4-2-3-5-15(12)17/h2-7,10,18H,8-9,11H2,1H3. The van der Waals surface area contributed by atoms with Crippen LogP contribution in [0.1, 0.15) is 11.1 Å². The summed E-state index contributed by atoms with van der Waals surface area (Å²) in [4.78, 5) is 2.35. The topological polar surface area (TPSA) is 32.7 Å². The third-order valence-electron chi connectivity index (χ3n) is 3.62. The van der Waals surface area contributed by atoms with Gasteiger partial charge < -0.3 is 14.7 Å². The summed E-state index contributed by atoms with van der Waals surface area (Å²) >= 11 is 0. The van der Waals surface area contributed by atoms with Gasteiger partial charge in [0.2, 0.25) is 0 Å². The predicted molar refractivity (Wildman–Crippen MR) is 75.9 cm³/mol. The fourth-order valence-electron chi connectivity index (χ4n) is 2.64. The fraction of sp³-hybridized carbons (Fsp3) is 0.250. The third-order valence-corrected chi connectivity index (χ3v) is 3.62. The molecular weight excluding hydrogens is 238 g/mol. The Labute approximate surface area is 113 Å². The summed E-state index contributed by atoms with van der Waals surface area (Å²) in [6.07, 6.45) is 1.09. The van der Waals surface area contributed by atoms with Gasteiger partial charge in [-0.05, 0) is 30.2 Å². The highest BCUT2D eigenvalue weighted by molar-refractivity contribution is 5.58. The lowest BCUT2D eigenvalue weighted by Crippen LogP contribution is -2.19. The number of ether oxygens (including phenoxy) is 1. The molecule has 19 heavy (non-hydrogen) atoms. The van der Waals surface area contributed by atoms with Crippen molar-refractivity contribution in [2.24, 2.45) is 0 Å². The predicted octanol–water partition coefficient (Wildman–Crippen LogP) is 2.96. The number of hydrogen-bond donors (Lipinski definition) is 1. The molecule has 0 spiro atoms. The number of phenolic OH excluding ortho intramolecular Hbond substituents is 1. The van der Waals surface area contributed by atoms with Gasteiger partial charge in [0.05, 0.1) is 7.11 Å². The van der Waals surface area contributed by atoms with Crippen LogP contribution in [0.5, 0.6) is 11.5 Å². The minimum atomic E-state index is 0.238. The van der Waals surface area contributed by atoms with E-state index in [2.05, 4.69) is 29.2 Å². The van der Waals surface area contributed by atoms with E-state index in [-0.39, 0.29) is 5.75 Å². The number of methoxy groups -OCH3 is 1. The summed E-state index contributed by atoms with van der Waals surface area (Å²) in [6.45, 7) is 1.84. The normalized spacial score (nSPS) is 13.4. The van der Waals surface area contributed by atoms with Crippen molar-refractivity contribution in [3.8, 4) is 11.5 Å². The number of rotatable bonds is 3. The number of para-hydroxylation sites is 1. The van der Waals surface area contributed by atoms with E-state index in [4.69, 9.17) is 4.74 Å². The molecule has 1 heterocycles. The Balaban J connectivity index is 1.87. The lowest BCUT2D eigenvalue weighted by Gasteiger charge is -2.21. The van der Waals surface area contributed by atoms with Gasteiger partial charge in [-0.15, -0.1) is 0 Å². The smallest absolute Gasteiger partial charge is 0.127 e. The zero-order chi connectivity index (χ0) is 13.2. The van der Waals surface area contributed by atoms with Gasteiger partial charge in [0.25, 0.3) is 0 Å². The molecule has 0 saturated carbocycles. The molecule has 98 valence electrons. The van der Waals surface area contributed by atoms with Crippen molar-refractivity contribution in [3.63, 3.8) is 0 Å². The molecule has 0 saturated heterocycles. The Morgan fingerprint density at radius 2 is 2.05 bits per heavy atom. The quantitative estimate of drug-likeness (QED) is 0.915. The molecule has 0 amide bonds. The Hall–Kier alpha value is -2.16. The van der Waals surface area contributed by atoms with E-state index < -0.39 is 0 Å². The zero-order valence-electron chi connectivity index (χ0n) is 11.0. The monoisotopic (exact) mass is 255 g/mol. The number of phenols is 1. The molecule has 1 aliphatic heterocycles. The van der Waals surface area contributed by atoms with Gasteiger partial charge in [-0.3, -0.25) is 0 Å². The number of anilines is 1. The van der Waals surface area contributed by atoms with Gasteiger partial charge in [0.1, 0.15) is 11.5 Å². The third kappa shape index (κ3) is 2.24. The Morgan fingerprint density at radius 1 is 1.21 bits per heavy atom. The molecule has 2 aromatic rings. The summed E-state index contributed by atoms with van der Waals surface area (Å²) < 4.78 is 5.34. The van der Waals surface area contributed by atoms with Crippen molar-refractivity contribution < 1.29 is 9.84 Å². The first-order chi connectivity index (χ1) is 9.28. The molecule has 1 N–H and O–H groups in total. The van der Waals surface area contributed by atoms with Crippen LogP contribution in [0.4, 0.5) is 5.69 Å². The average Bonchev–Trinajstić information content (AvgIpc) is 2.84. The summed E-state index contributed by atoms with van der Waals surface area (Å²) in [5.74, 6) is 0.979. The second kappa shape index (κ2) is 4.84. The zero-order valence-corrected chi connectivity index (χ0v) is 11.0. The van der Waals surface area contributed by atoms with Crippen LogP contribution in [0.3, 0.4) is 0 Å². The van der Waals surface area contributed by atoms with Crippen molar-refractivity contribution in [2.45, 2.75) is 13.0 Å². The number of aromatic hydroxyl groups is 1. The molecule has 0 fully saturated rings. The molecule has 0 aliphatic carbocycles. The first-order valence-electron chi connectivity index (χ1n) is 6.46. The van der Waals surface area contributed by atoms with E-state index in [0.717, 1.165) is 30.8 Å². The molecular formula is C16H17NO2. The van der Waals surface area contributed by atoms with Crippen molar-refractivity contribution in [3.05, 3.63) is 53.6 Å². The second-order valence-electron chi connectivity index (χ2n) is 4.80. The van der Waals surface area contributed by atoms with Gasteiger partial charge >= 0.3 is 0 Å². The van der Waals surface area contributed by atoms with E-state index in [1.165, 1.54) is 11.3 Å². The fourth-order valence-corrected chi connectivity index (χ4v) is 2.64. The van der Waals surface area contributed by atoms with Crippen LogP contribution < -0.4 is 9.64 Å². The highest BCUT2D eigenvalue weighted by Gasteiger charge is 2.19. The average molecular weight is 255 g/mol. The second-order valence-corrected chi connectivity index (χ2v) is 4.80. The van der Waals surface area contributed by atoms with Gasteiger partial charge in [0, 0.05) is 30.4 Å². The molecule has 0 bridgehead atoms. The summed E-state index contributed by atoms with van der Waals surface area (Å²) in [5.41, 5.74) is 3.80. The summed E-state index contributed by atoms with van der Waals surface area (Å²) in [5, 5.41) is 9.49. The van der Waals surface area contributed by atoms with Gasteiger partial charge in [0.15, 0.2) is 0 Å². The highest BCUT2D eigenvalue weighted by atomic mass is 16.5. The molecule has 2 aromatic carbocycles. The molecule has 0 radical (unpaired) electrons. The van der Waals surface area contributed by atoms with Crippen LogP contribution in [0.2, 0.25) is 0 Å². The van der Waals surface area contributed by atoms with Gasteiger partial charge in [-0.1, -0.05) is 18.2 Å². The maximum Gasteiger partial charge on any atom is 0.127 e. The maximum atomic E-state index is 9.49. The lowest BCUT2D eigenvalue weighted by molar-refractivity contribution is 0.402. The SMILES string of the molecule is COc1cc(O)ccc1CN1CCc2ccccc21. The van der Waals surface area contributed by atoms with E-state index in [9.17, 15) is 5.11 Å². The molecule has 0 aromatic heterocycles. The van der Waals surface area contributed by atoms with E-state index in [0.29, 0.717) is 0 Å². The minimum absolute atomic E-state index is 0.238. The van der Waals surface area contributed by atoms with E-state index >= 15 is 0 Å². The van der Waals surface area contributed by atoms with Crippen LogP contribution in [0.15, 0.2) is 42.5 Å². The van der Waals surface area contributed by atoms with Gasteiger partial charge in [-0.25, -0.2) is 0 Å². The molecule has 1 aliphatic rings. The highest BCUT2D eigenvalue weighted by Crippen LogP contribution is 2.31. The Kier molecular flexibility index (Phi) is 3.03. The largest absolute Gasteiger partial charge is 0.508 e. The summed E-state index contributed by atoms with van der Waals surface area (Å²) in [6, 6.07) is 13.8. The molecule has 3 heteroatoms. The van der Waals surface area contributed by atoms with Crippen molar-refractivity contribution in [1.29, 1.82) is 0 Å². The van der Waals surface area contributed by atoms with Crippen molar-refractivity contribution in [1.82, 2.24) is 0 Å². The first kappa shape index (κ1) is 11.9. The maximum absolute atomic E-state index is 9.49. The van der Waals surface area contributed by atoms with Crippen LogP contribution in [0.25, 0.3) is 0 Å². The molecule has 0 unspecified atom stereocenters. The number of benzene rings is 2. The van der Waals surface area contributed by atoms with Crippen LogP contribution in [-0.4, -0.2) is 18.8 Å². The first-order valence-corrected chi connectivity index (χ1v) is 6.46. The number of hydrogen-bond acceptors (Lipinski definition) is 3. The molecule has 3 rings (SSSR count). The Morgan fingerprint density at radius 3 is 2.89 bits per heavy atom. The van der Waals surface area contributed by atoms with Crippen molar-refractivity contribution in [2.75, 3.05) is 18.6 Å². The van der Waals surface area contributed by atoms with Gasteiger partial charge in [-0.2, -0.15) is 0 Å². The molecule has 0 atom stereocenters. The lowest BCUT2D eigenvalue weighted by atomic mass is 10.1. The van der Waals surface area contributed by atoms with E-state index in [1.807, 2.05) is 6.07 Å². The van der Waals surface area contributed by atoms with E-state index in [1.54, 1.807) is 19.2 Å². The minimum Gasteiger partial charge on any atom is -0.508 e.